The van der Waals surface area contributed by atoms with Gasteiger partial charge in [0.05, 0.1) is 18.3 Å². The van der Waals surface area contributed by atoms with Gasteiger partial charge in [-0.2, -0.15) is 0 Å². The molecule has 17 heavy (non-hydrogen) atoms. The van der Waals surface area contributed by atoms with E-state index in [-0.39, 0.29) is 6.61 Å². The van der Waals surface area contributed by atoms with Crippen LogP contribution in [0.25, 0.3) is 11.0 Å². The van der Waals surface area contributed by atoms with Gasteiger partial charge in [0.15, 0.2) is 0 Å². The van der Waals surface area contributed by atoms with Crippen molar-refractivity contribution >= 4 is 16.8 Å². The molecule has 2 heterocycles. The number of aliphatic hydroxyl groups excluding tert-OH is 1. The van der Waals surface area contributed by atoms with Crippen LogP contribution < -0.4 is 4.90 Å². The Hall–Kier alpha value is -1.55. The van der Waals surface area contributed by atoms with Crippen molar-refractivity contribution in [2.75, 3.05) is 18.1 Å². The highest BCUT2D eigenvalue weighted by Gasteiger charge is 2.26. The molecule has 4 heteroatoms. The lowest BCUT2D eigenvalue weighted by atomic mass is 9.91. The van der Waals surface area contributed by atoms with E-state index in [1.54, 1.807) is 12.5 Å². The Morgan fingerprint density at radius 3 is 3.00 bits per heavy atom. The minimum Gasteiger partial charge on any atom is -0.464 e. The maximum atomic E-state index is 9.20. The van der Waals surface area contributed by atoms with Crippen LogP contribution in [0.1, 0.15) is 19.3 Å². The van der Waals surface area contributed by atoms with E-state index in [9.17, 15) is 5.11 Å². The number of pyridine rings is 1. The topological polar surface area (TPSA) is 49.5 Å². The second-order valence-electron chi connectivity index (χ2n) is 4.47. The zero-order valence-electron chi connectivity index (χ0n) is 9.67. The first-order valence-corrected chi connectivity index (χ1v) is 6.10. The van der Waals surface area contributed by atoms with Crippen molar-refractivity contribution in [1.29, 1.82) is 0 Å². The SMILES string of the molecule is OCCN(c1nccc2occc12)C1CCC1. The van der Waals surface area contributed by atoms with Crippen LogP contribution in [-0.4, -0.2) is 29.3 Å². The van der Waals surface area contributed by atoms with E-state index >= 15 is 0 Å². The fourth-order valence-electron chi connectivity index (χ4n) is 2.38. The molecule has 0 radical (unpaired) electrons. The average molecular weight is 232 g/mol. The van der Waals surface area contributed by atoms with E-state index in [1.807, 2.05) is 12.1 Å². The molecule has 0 spiro atoms. The molecule has 0 atom stereocenters. The van der Waals surface area contributed by atoms with Crippen LogP contribution in [0.3, 0.4) is 0 Å². The van der Waals surface area contributed by atoms with Gasteiger partial charge in [0, 0.05) is 18.8 Å². The lowest BCUT2D eigenvalue weighted by molar-refractivity contribution is 0.283. The van der Waals surface area contributed by atoms with E-state index in [0.29, 0.717) is 12.6 Å². The average Bonchev–Trinajstić information content (AvgIpc) is 2.73. The zero-order chi connectivity index (χ0) is 11.7. The first-order valence-electron chi connectivity index (χ1n) is 6.10. The van der Waals surface area contributed by atoms with Crippen LogP contribution in [0.5, 0.6) is 0 Å². The maximum Gasteiger partial charge on any atom is 0.140 e. The maximum absolute atomic E-state index is 9.20. The Kier molecular flexibility index (Phi) is 2.73. The molecule has 1 aliphatic rings. The van der Waals surface area contributed by atoms with Crippen LogP contribution in [0, 0.1) is 0 Å². The monoisotopic (exact) mass is 232 g/mol. The van der Waals surface area contributed by atoms with Gasteiger partial charge in [-0.25, -0.2) is 4.98 Å². The van der Waals surface area contributed by atoms with Gasteiger partial charge in [-0.15, -0.1) is 0 Å². The summed E-state index contributed by atoms with van der Waals surface area (Å²) in [6, 6.07) is 4.34. The second kappa shape index (κ2) is 4.37. The molecular weight excluding hydrogens is 216 g/mol. The number of aromatic nitrogens is 1. The summed E-state index contributed by atoms with van der Waals surface area (Å²) in [6.45, 7) is 0.800. The number of hydrogen-bond donors (Lipinski definition) is 1. The van der Waals surface area contributed by atoms with E-state index in [4.69, 9.17) is 4.42 Å². The first-order chi connectivity index (χ1) is 8.40. The highest BCUT2D eigenvalue weighted by Crippen LogP contribution is 2.32. The molecule has 0 bridgehead atoms. The highest BCUT2D eigenvalue weighted by molar-refractivity contribution is 5.88. The summed E-state index contributed by atoms with van der Waals surface area (Å²) in [5.74, 6) is 0.940. The van der Waals surface area contributed by atoms with E-state index < -0.39 is 0 Å². The summed E-state index contributed by atoms with van der Waals surface area (Å²) in [5, 5.41) is 10.2. The third-order valence-electron chi connectivity index (χ3n) is 3.49. The van der Waals surface area contributed by atoms with Crippen LogP contribution in [-0.2, 0) is 0 Å². The van der Waals surface area contributed by atoms with Crippen molar-refractivity contribution in [2.24, 2.45) is 0 Å². The Morgan fingerprint density at radius 1 is 1.41 bits per heavy atom. The first kappa shape index (κ1) is 10.6. The lowest BCUT2D eigenvalue weighted by Gasteiger charge is -2.38. The number of rotatable bonds is 4. The van der Waals surface area contributed by atoms with Crippen LogP contribution >= 0.6 is 0 Å². The van der Waals surface area contributed by atoms with Gasteiger partial charge in [-0.1, -0.05) is 0 Å². The molecule has 4 nitrogen and oxygen atoms in total. The van der Waals surface area contributed by atoms with Crippen molar-refractivity contribution < 1.29 is 9.52 Å². The number of anilines is 1. The summed E-state index contributed by atoms with van der Waals surface area (Å²) in [6.07, 6.45) is 7.11. The van der Waals surface area contributed by atoms with Gasteiger partial charge >= 0.3 is 0 Å². The van der Waals surface area contributed by atoms with E-state index in [0.717, 1.165) is 16.8 Å². The highest BCUT2D eigenvalue weighted by atomic mass is 16.3. The molecule has 0 amide bonds. The van der Waals surface area contributed by atoms with Gasteiger partial charge in [0.25, 0.3) is 0 Å². The molecule has 90 valence electrons. The second-order valence-corrected chi connectivity index (χ2v) is 4.47. The minimum absolute atomic E-state index is 0.159. The third-order valence-corrected chi connectivity index (χ3v) is 3.49. The molecule has 0 unspecified atom stereocenters. The molecule has 2 aromatic rings. The molecule has 1 N–H and O–H groups in total. The van der Waals surface area contributed by atoms with Crippen molar-refractivity contribution in [2.45, 2.75) is 25.3 Å². The third kappa shape index (κ3) is 1.78. The number of hydrogen-bond acceptors (Lipinski definition) is 4. The van der Waals surface area contributed by atoms with Gasteiger partial charge < -0.3 is 14.4 Å². The Morgan fingerprint density at radius 2 is 2.29 bits per heavy atom. The summed E-state index contributed by atoms with van der Waals surface area (Å²) in [4.78, 5) is 6.67. The van der Waals surface area contributed by atoms with Gasteiger partial charge in [-0.05, 0) is 31.4 Å². The quantitative estimate of drug-likeness (QED) is 0.877. The Labute approximate surface area is 99.9 Å². The number of furan rings is 1. The molecule has 0 aromatic carbocycles. The number of fused-ring (bicyclic) bond motifs is 1. The predicted molar refractivity (Wildman–Crippen MR) is 66.1 cm³/mol. The Bertz CT molecular complexity index is 505. The summed E-state index contributed by atoms with van der Waals surface area (Å²) >= 11 is 0. The fraction of sp³-hybridized carbons (Fsp3) is 0.462. The van der Waals surface area contributed by atoms with Gasteiger partial charge in [0.1, 0.15) is 11.4 Å². The zero-order valence-corrected chi connectivity index (χ0v) is 9.67. The molecular formula is C13H16N2O2. The fourth-order valence-corrected chi connectivity index (χ4v) is 2.38. The molecule has 1 fully saturated rings. The van der Waals surface area contributed by atoms with Crippen molar-refractivity contribution in [1.82, 2.24) is 4.98 Å². The molecule has 1 aliphatic carbocycles. The normalized spacial score (nSPS) is 16.1. The molecule has 0 saturated heterocycles. The number of nitrogens with zero attached hydrogens (tertiary/aromatic N) is 2. The van der Waals surface area contributed by atoms with Gasteiger partial charge in [-0.3, -0.25) is 0 Å². The van der Waals surface area contributed by atoms with Crippen molar-refractivity contribution in [3.63, 3.8) is 0 Å². The summed E-state index contributed by atoms with van der Waals surface area (Å²) in [5.41, 5.74) is 0.859. The van der Waals surface area contributed by atoms with Gasteiger partial charge in [0.2, 0.25) is 0 Å². The van der Waals surface area contributed by atoms with Crippen molar-refractivity contribution in [3.05, 3.63) is 24.6 Å². The minimum atomic E-state index is 0.159. The van der Waals surface area contributed by atoms with Crippen LogP contribution in [0.15, 0.2) is 29.0 Å². The smallest absolute Gasteiger partial charge is 0.140 e. The van der Waals surface area contributed by atoms with E-state index in [1.165, 1.54) is 19.3 Å². The predicted octanol–water partition coefficient (Wildman–Crippen LogP) is 2.18. The standard InChI is InChI=1S/C13H16N2O2/c16-8-7-15(10-2-1-3-10)13-11-5-9-17-12(11)4-6-14-13/h4-6,9-10,16H,1-3,7-8H2. The van der Waals surface area contributed by atoms with Crippen molar-refractivity contribution in [3.8, 4) is 0 Å². The molecule has 1 saturated carbocycles. The summed E-state index contributed by atoms with van der Waals surface area (Å²) in [7, 11) is 0. The van der Waals surface area contributed by atoms with Crippen LogP contribution in [0.2, 0.25) is 0 Å². The molecule has 2 aromatic heterocycles. The summed E-state index contributed by atoms with van der Waals surface area (Å²) < 4.78 is 5.39. The van der Waals surface area contributed by atoms with E-state index in [2.05, 4.69) is 9.88 Å². The van der Waals surface area contributed by atoms with Crippen LogP contribution in [0.4, 0.5) is 5.82 Å². The Balaban J connectivity index is 2.01. The molecule has 3 rings (SSSR count). The molecule has 0 aliphatic heterocycles. The number of aliphatic hydroxyl groups is 1. The largest absolute Gasteiger partial charge is 0.464 e. The lowest BCUT2D eigenvalue weighted by Crippen LogP contribution is -2.42.